The third-order valence-corrected chi connectivity index (χ3v) is 3.39. The Morgan fingerprint density at radius 3 is 2.88 bits per heavy atom. The predicted octanol–water partition coefficient (Wildman–Crippen LogP) is 0.890. The second-order valence-corrected chi connectivity index (χ2v) is 5.99. The van der Waals surface area contributed by atoms with Crippen molar-refractivity contribution in [1.29, 1.82) is 0 Å². The van der Waals surface area contributed by atoms with Crippen LogP contribution in [0.1, 0.15) is 27.2 Å². The monoisotopic (exact) mass is 242 g/mol. The highest BCUT2D eigenvalue weighted by molar-refractivity contribution is 5.68. The molecule has 1 amide bonds. The summed E-state index contributed by atoms with van der Waals surface area (Å²) >= 11 is 0. The number of amides is 1. The van der Waals surface area contributed by atoms with Crippen molar-refractivity contribution < 1.29 is 14.3 Å². The summed E-state index contributed by atoms with van der Waals surface area (Å²) in [4.78, 5) is 11.8. The van der Waals surface area contributed by atoms with E-state index >= 15 is 0 Å². The molecule has 0 bridgehead atoms. The fourth-order valence-corrected chi connectivity index (χ4v) is 2.50. The van der Waals surface area contributed by atoms with Crippen LogP contribution < -0.4 is 10.6 Å². The normalized spacial score (nSPS) is 33.0. The zero-order valence-electron chi connectivity index (χ0n) is 10.8. The van der Waals surface area contributed by atoms with Gasteiger partial charge in [-0.1, -0.05) is 0 Å². The molecule has 2 atom stereocenters. The van der Waals surface area contributed by atoms with Crippen LogP contribution in [0.25, 0.3) is 0 Å². The number of alkyl carbamates (subject to hydrolysis) is 1. The number of hydrogen-bond acceptors (Lipinski definition) is 4. The lowest BCUT2D eigenvalue weighted by Gasteiger charge is -2.30. The minimum atomic E-state index is -0.449. The highest BCUT2D eigenvalue weighted by atomic mass is 16.6. The lowest BCUT2D eigenvalue weighted by Crippen LogP contribution is -2.49. The minimum Gasteiger partial charge on any atom is -0.444 e. The van der Waals surface area contributed by atoms with Crippen LogP contribution in [-0.4, -0.2) is 44.0 Å². The lowest BCUT2D eigenvalue weighted by molar-refractivity contribution is 0.0461. The molecule has 1 spiro atoms. The Bertz CT molecular complexity index is 287. The molecule has 2 aliphatic heterocycles. The number of carbonyl (C=O) groups excluding carboxylic acids is 1. The van der Waals surface area contributed by atoms with Gasteiger partial charge in [-0.3, -0.25) is 0 Å². The Labute approximate surface area is 102 Å². The van der Waals surface area contributed by atoms with Crippen LogP contribution in [-0.2, 0) is 9.47 Å². The Balaban J connectivity index is 1.92. The second kappa shape index (κ2) is 4.46. The van der Waals surface area contributed by atoms with Gasteiger partial charge in [-0.2, -0.15) is 0 Å². The summed E-state index contributed by atoms with van der Waals surface area (Å²) in [6, 6.07) is 0.111. The van der Waals surface area contributed by atoms with Crippen LogP contribution in [0.2, 0.25) is 0 Å². The Morgan fingerprint density at radius 1 is 1.53 bits per heavy atom. The van der Waals surface area contributed by atoms with Crippen molar-refractivity contribution in [1.82, 2.24) is 10.6 Å². The molecule has 2 N–H and O–H groups in total. The van der Waals surface area contributed by atoms with Crippen LogP contribution in [0.3, 0.4) is 0 Å². The first kappa shape index (κ1) is 12.6. The van der Waals surface area contributed by atoms with Gasteiger partial charge in [0.05, 0.1) is 12.6 Å². The molecule has 2 rings (SSSR count). The molecule has 0 radical (unpaired) electrons. The van der Waals surface area contributed by atoms with E-state index < -0.39 is 5.60 Å². The van der Waals surface area contributed by atoms with Crippen molar-refractivity contribution in [2.75, 3.05) is 26.3 Å². The van der Waals surface area contributed by atoms with Gasteiger partial charge in [0.1, 0.15) is 5.60 Å². The molecular weight excluding hydrogens is 220 g/mol. The molecule has 2 saturated heterocycles. The SMILES string of the molecule is CC(C)(C)OC(=O)NC1CNCC12CCOC2. The highest BCUT2D eigenvalue weighted by Crippen LogP contribution is 2.34. The highest BCUT2D eigenvalue weighted by Gasteiger charge is 2.46. The number of carbonyl (C=O) groups is 1. The van der Waals surface area contributed by atoms with E-state index in [2.05, 4.69) is 10.6 Å². The van der Waals surface area contributed by atoms with Crippen LogP contribution in [0.4, 0.5) is 4.79 Å². The minimum absolute atomic E-state index is 0.0664. The first-order chi connectivity index (χ1) is 7.91. The van der Waals surface area contributed by atoms with Gasteiger partial charge >= 0.3 is 6.09 Å². The lowest BCUT2D eigenvalue weighted by atomic mass is 9.82. The number of hydrogen-bond donors (Lipinski definition) is 2. The Morgan fingerprint density at radius 2 is 2.29 bits per heavy atom. The zero-order chi connectivity index (χ0) is 12.5. The first-order valence-corrected chi connectivity index (χ1v) is 6.19. The van der Waals surface area contributed by atoms with Crippen molar-refractivity contribution in [3.05, 3.63) is 0 Å². The molecule has 0 aliphatic carbocycles. The van der Waals surface area contributed by atoms with Gasteiger partial charge in [-0.15, -0.1) is 0 Å². The average molecular weight is 242 g/mol. The fourth-order valence-electron chi connectivity index (χ4n) is 2.50. The quantitative estimate of drug-likeness (QED) is 0.717. The fraction of sp³-hybridized carbons (Fsp3) is 0.917. The Kier molecular flexibility index (Phi) is 3.32. The molecule has 2 fully saturated rings. The van der Waals surface area contributed by atoms with E-state index in [9.17, 15) is 4.79 Å². The van der Waals surface area contributed by atoms with Crippen molar-refractivity contribution >= 4 is 6.09 Å². The number of ether oxygens (including phenoxy) is 2. The van der Waals surface area contributed by atoms with Gasteiger partial charge in [0, 0.05) is 25.1 Å². The summed E-state index contributed by atoms with van der Waals surface area (Å²) in [6.07, 6.45) is 0.665. The maximum Gasteiger partial charge on any atom is 0.407 e. The molecule has 2 heterocycles. The van der Waals surface area contributed by atoms with E-state index in [0.29, 0.717) is 0 Å². The van der Waals surface area contributed by atoms with Crippen LogP contribution in [0.5, 0.6) is 0 Å². The van der Waals surface area contributed by atoms with Crippen molar-refractivity contribution in [3.8, 4) is 0 Å². The summed E-state index contributed by atoms with van der Waals surface area (Å²) in [5.74, 6) is 0. The predicted molar refractivity (Wildman–Crippen MR) is 63.9 cm³/mol. The maximum atomic E-state index is 11.8. The van der Waals surface area contributed by atoms with Crippen molar-refractivity contribution in [2.24, 2.45) is 5.41 Å². The van der Waals surface area contributed by atoms with Gasteiger partial charge in [-0.05, 0) is 27.2 Å². The molecular formula is C12H22N2O3. The third-order valence-electron chi connectivity index (χ3n) is 3.39. The summed E-state index contributed by atoms with van der Waals surface area (Å²) in [5, 5.41) is 6.29. The smallest absolute Gasteiger partial charge is 0.407 e. The molecule has 5 heteroatoms. The average Bonchev–Trinajstić information content (AvgIpc) is 2.76. The zero-order valence-corrected chi connectivity index (χ0v) is 10.8. The van der Waals surface area contributed by atoms with Gasteiger partial charge in [0.25, 0.3) is 0 Å². The van der Waals surface area contributed by atoms with E-state index in [-0.39, 0.29) is 17.6 Å². The molecule has 2 aliphatic rings. The van der Waals surface area contributed by atoms with Crippen LogP contribution >= 0.6 is 0 Å². The molecule has 0 aromatic heterocycles. The molecule has 5 nitrogen and oxygen atoms in total. The van der Waals surface area contributed by atoms with E-state index in [1.165, 1.54) is 0 Å². The van der Waals surface area contributed by atoms with E-state index in [0.717, 1.165) is 32.7 Å². The van der Waals surface area contributed by atoms with Gasteiger partial charge in [0.15, 0.2) is 0 Å². The molecule has 17 heavy (non-hydrogen) atoms. The van der Waals surface area contributed by atoms with Crippen molar-refractivity contribution in [2.45, 2.75) is 38.8 Å². The number of nitrogens with one attached hydrogen (secondary N) is 2. The van der Waals surface area contributed by atoms with Gasteiger partial charge < -0.3 is 20.1 Å². The topological polar surface area (TPSA) is 59.6 Å². The standard InChI is InChI=1S/C12H22N2O3/c1-11(2,3)17-10(15)14-9-6-13-7-12(9)4-5-16-8-12/h9,13H,4-8H2,1-3H3,(H,14,15). The maximum absolute atomic E-state index is 11.8. The second-order valence-electron chi connectivity index (χ2n) is 5.99. The Hall–Kier alpha value is -0.810. The first-order valence-electron chi connectivity index (χ1n) is 6.19. The summed E-state index contributed by atoms with van der Waals surface area (Å²) < 4.78 is 10.7. The van der Waals surface area contributed by atoms with Crippen LogP contribution in [0.15, 0.2) is 0 Å². The van der Waals surface area contributed by atoms with Gasteiger partial charge in [0.2, 0.25) is 0 Å². The van der Waals surface area contributed by atoms with E-state index in [4.69, 9.17) is 9.47 Å². The summed E-state index contributed by atoms with van der Waals surface area (Å²) in [6.45, 7) is 8.82. The number of rotatable bonds is 1. The third kappa shape index (κ3) is 2.90. The molecule has 2 unspecified atom stereocenters. The van der Waals surface area contributed by atoms with Gasteiger partial charge in [-0.25, -0.2) is 4.79 Å². The molecule has 0 aromatic rings. The van der Waals surface area contributed by atoms with Crippen LogP contribution in [0, 0.1) is 5.41 Å². The summed E-state index contributed by atoms with van der Waals surface area (Å²) in [5.41, 5.74) is -0.383. The molecule has 98 valence electrons. The van der Waals surface area contributed by atoms with Crippen molar-refractivity contribution in [3.63, 3.8) is 0 Å². The van der Waals surface area contributed by atoms with E-state index in [1.54, 1.807) is 0 Å². The van der Waals surface area contributed by atoms with E-state index in [1.807, 2.05) is 20.8 Å². The largest absolute Gasteiger partial charge is 0.444 e. The molecule has 0 aromatic carbocycles. The molecule has 0 saturated carbocycles. The summed E-state index contributed by atoms with van der Waals surface area (Å²) in [7, 11) is 0.